The Kier molecular flexibility index (Phi) is 3.27. The molecule has 2 heterocycles. The first-order valence-electron chi connectivity index (χ1n) is 9.20. The molecule has 1 N–H and O–H groups in total. The summed E-state index contributed by atoms with van der Waals surface area (Å²) in [7, 11) is 0. The van der Waals surface area contributed by atoms with Crippen LogP contribution in [-0.2, 0) is 11.2 Å². The number of carbonyl (C=O) groups excluding carboxylic acids is 1. The van der Waals surface area contributed by atoms with Gasteiger partial charge in [-0.25, -0.2) is 9.50 Å². The van der Waals surface area contributed by atoms with E-state index in [0.717, 1.165) is 59.1 Å². The molecule has 0 unspecified atom stereocenters. The number of nitrogens with one attached hydrogen (secondary N) is 1. The first-order valence-corrected chi connectivity index (χ1v) is 10.0. The minimum atomic E-state index is -0.0397. The van der Waals surface area contributed by atoms with E-state index in [1.54, 1.807) is 11.3 Å². The summed E-state index contributed by atoms with van der Waals surface area (Å²) in [5.74, 6) is 2.76. The molecule has 128 valence electrons. The lowest BCUT2D eigenvalue weighted by Crippen LogP contribution is -2.53. The molecule has 0 radical (unpaired) electrons. The van der Waals surface area contributed by atoms with Crippen molar-refractivity contribution < 1.29 is 4.79 Å². The van der Waals surface area contributed by atoms with Crippen LogP contribution in [0, 0.1) is 30.1 Å². The van der Waals surface area contributed by atoms with E-state index < -0.39 is 0 Å². The number of aromatic nitrogens is 3. The highest BCUT2D eigenvalue weighted by atomic mass is 32.1. The zero-order valence-electron chi connectivity index (χ0n) is 14.1. The molecule has 0 spiro atoms. The smallest absolute Gasteiger partial charge is 0.226 e. The molecule has 1 amide bonds. The van der Waals surface area contributed by atoms with Gasteiger partial charge in [0.25, 0.3) is 0 Å². The summed E-state index contributed by atoms with van der Waals surface area (Å²) in [6, 6.07) is 0. The van der Waals surface area contributed by atoms with Crippen molar-refractivity contribution in [3.63, 3.8) is 0 Å². The normalized spacial score (nSPS) is 34.1. The summed E-state index contributed by atoms with van der Waals surface area (Å²) in [6.07, 6.45) is 10.3. The van der Waals surface area contributed by atoms with E-state index >= 15 is 0 Å². The Morgan fingerprint density at radius 2 is 1.96 bits per heavy atom. The molecule has 4 aliphatic carbocycles. The van der Waals surface area contributed by atoms with Crippen LogP contribution in [0.2, 0.25) is 0 Å². The Hall–Kier alpha value is -1.43. The van der Waals surface area contributed by atoms with Crippen molar-refractivity contribution in [3.05, 3.63) is 16.9 Å². The van der Waals surface area contributed by atoms with Gasteiger partial charge < -0.3 is 5.32 Å². The standard InChI is InChI=1S/C18H24N4OS/c1-11-21-22-10-15(20-17(22)24-11)2-3-19-16(23)18-7-12-4-13(8-18)6-14(5-12)9-18/h10,12-14H,2-9H2,1H3,(H,19,23). The predicted octanol–water partition coefficient (Wildman–Crippen LogP) is 2.97. The van der Waals surface area contributed by atoms with Crippen LogP contribution in [0.3, 0.4) is 0 Å². The van der Waals surface area contributed by atoms with Gasteiger partial charge in [-0.05, 0) is 63.2 Å². The first kappa shape index (κ1) is 14.9. The van der Waals surface area contributed by atoms with Gasteiger partial charge in [0.15, 0.2) is 0 Å². The number of fused-ring (bicyclic) bond motifs is 1. The van der Waals surface area contributed by atoms with Crippen LogP contribution in [-0.4, -0.2) is 27.0 Å². The SMILES string of the molecule is Cc1nn2cc(CCNC(=O)C34CC5CC(CC(C5)C3)C4)nc2s1. The monoisotopic (exact) mass is 344 g/mol. The Labute approximate surface area is 145 Å². The number of rotatable bonds is 4. The van der Waals surface area contributed by atoms with Crippen LogP contribution in [0.1, 0.15) is 49.2 Å². The Morgan fingerprint density at radius 1 is 1.29 bits per heavy atom. The number of imidazole rings is 1. The van der Waals surface area contributed by atoms with E-state index in [4.69, 9.17) is 0 Å². The van der Waals surface area contributed by atoms with Gasteiger partial charge in [0.05, 0.1) is 11.9 Å². The fraction of sp³-hybridized carbons (Fsp3) is 0.722. The van der Waals surface area contributed by atoms with E-state index in [0.29, 0.717) is 12.5 Å². The lowest BCUT2D eigenvalue weighted by molar-refractivity contribution is -0.146. The molecule has 5 nitrogen and oxygen atoms in total. The molecule has 6 rings (SSSR count). The number of nitrogens with zero attached hydrogens (tertiary/aromatic N) is 3. The quantitative estimate of drug-likeness (QED) is 0.927. The zero-order valence-corrected chi connectivity index (χ0v) is 14.9. The van der Waals surface area contributed by atoms with Gasteiger partial charge in [0.2, 0.25) is 10.9 Å². The van der Waals surface area contributed by atoms with E-state index in [1.165, 1.54) is 19.3 Å². The average molecular weight is 344 g/mol. The minimum absolute atomic E-state index is 0.0397. The van der Waals surface area contributed by atoms with Crippen LogP contribution in [0.25, 0.3) is 4.96 Å². The molecule has 4 aliphatic rings. The summed E-state index contributed by atoms with van der Waals surface area (Å²) < 4.78 is 1.84. The van der Waals surface area contributed by atoms with Crippen LogP contribution >= 0.6 is 11.3 Å². The highest BCUT2D eigenvalue weighted by Crippen LogP contribution is 2.60. The molecule has 4 fully saturated rings. The molecule has 6 heteroatoms. The molecular formula is C18H24N4OS. The third kappa shape index (κ3) is 2.38. The second-order valence-electron chi connectivity index (χ2n) is 8.28. The summed E-state index contributed by atoms with van der Waals surface area (Å²) in [5, 5.41) is 8.65. The molecule has 2 aromatic rings. The van der Waals surface area contributed by atoms with Crippen molar-refractivity contribution in [2.75, 3.05) is 6.54 Å². The number of hydrogen-bond donors (Lipinski definition) is 1. The molecular weight excluding hydrogens is 320 g/mol. The van der Waals surface area contributed by atoms with Crippen LogP contribution in [0.15, 0.2) is 6.20 Å². The average Bonchev–Trinajstić information content (AvgIpc) is 3.02. The topological polar surface area (TPSA) is 59.3 Å². The number of hydrogen-bond acceptors (Lipinski definition) is 4. The fourth-order valence-corrected chi connectivity index (χ4v) is 6.59. The Balaban J connectivity index is 1.22. The first-order chi connectivity index (χ1) is 11.6. The van der Waals surface area contributed by atoms with Crippen LogP contribution < -0.4 is 5.32 Å². The largest absolute Gasteiger partial charge is 0.355 e. The van der Waals surface area contributed by atoms with Crippen LogP contribution in [0.4, 0.5) is 0 Å². The predicted molar refractivity (Wildman–Crippen MR) is 92.9 cm³/mol. The summed E-state index contributed by atoms with van der Waals surface area (Å²) in [4.78, 5) is 18.4. The van der Waals surface area contributed by atoms with Crippen molar-refractivity contribution in [1.29, 1.82) is 0 Å². The minimum Gasteiger partial charge on any atom is -0.355 e. The van der Waals surface area contributed by atoms with Gasteiger partial charge in [0, 0.05) is 18.4 Å². The maximum absolute atomic E-state index is 12.9. The van der Waals surface area contributed by atoms with Gasteiger partial charge in [-0.15, -0.1) is 0 Å². The highest BCUT2D eigenvalue weighted by molar-refractivity contribution is 7.16. The second kappa shape index (κ2) is 5.28. The summed E-state index contributed by atoms with van der Waals surface area (Å²) in [6.45, 7) is 2.68. The fourth-order valence-electron chi connectivity index (χ4n) is 5.85. The van der Waals surface area contributed by atoms with Crippen molar-refractivity contribution in [3.8, 4) is 0 Å². The van der Waals surface area contributed by atoms with Gasteiger partial charge in [-0.1, -0.05) is 11.3 Å². The van der Waals surface area contributed by atoms with E-state index in [2.05, 4.69) is 15.4 Å². The number of carbonyl (C=O) groups is 1. The highest BCUT2D eigenvalue weighted by Gasteiger charge is 2.54. The molecule has 24 heavy (non-hydrogen) atoms. The molecule has 4 saturated carbocycles. The maximum atomic E-state index is 12.9. The van der Waals surface area contributed by atoms with Crippen molar-refractivity contribution in [2.45, 2.75) is 51.9 Å². The van der Waals surface area contributed by atoms with E-state index in [1.807, 2.05) is 17.6 Å². The Morgan fingerprint density at radius 3 is 2.58 bits per heavy atom. The van der Waals surface area contributed by atoms with Gasteiger partial charge in [-0.2, -0.15) is 5.10 Å². The van der Waals surface area contributed by atoms with E-state index in [9.17, 15) is 4.79 Å². The van der Waals surface area contributed by atoms with Crippen molar-refractivity contribution in [1.82, 2.24) is 19.9 Å². The molecule has 0 aromatic carbocycles. The summed E-state index contributed by atoms with van der Waals surface area (Å²) >= 11 is 1.60. The summed E-state index contributed by atoms with van der Waals surface area (Å²) in [5.41, 5.74) is 0.974. The Bertz CT molecular complexity index is 725. The third-order valence-corrected chi connectivity index (χ3v) is 7.22. The van der Waals surface area contributed by atoms with Gasteiger partial charge in [0.1, 0.15) is 5.01 Å². The molecule has 0 saturated heterocycles. The molecule has 0 aliphatic heterocycles. The lowest BCUT2D eigenvalue weighted by atomic mass is 9.49. The van der Waals surface area contributed by atoms with Crippen molar-refractivity contribution in [2.24, 2.45) is 23.2 Å². The maximum Gasteiger partial charge on any atom is 0.226 e. The number of amides is 1. The van der Waals surface area contributed by atoms with Gasteiger partial charge in [-0.3, -0.25) is 4.79 Å². The second-order valence-corrected chi connectivity index (χ2v) is 9.44. The molecule has 0 atom stereocenters. The zero-order chi connectivity index (χ0) is 16.3. The third-order valence-electron chi connectivity index (χ3n) is 6.38. The van der Waals surface area contributed by atoms with Crippen molar-refractivity contribution >= 4 is 22.2 Å². The number of aryl methyl sites for hydroxylation is 1. The molecule has 4 bridgehead atoms. The van der Waals surface area contributed by atoms with Gasteiger partial charge >= 0.3 is 0 Å². The molecule has 2 aromatic heterocycles. The van der Waals surface area contributed by atoms with E-state index in [-0.39, 0.29) is 5.41 Å². The lowest BCUT2D eigenvalue weighted by Gasteiger charge is -2.55. The van der Waals surface area contributed by atoms with Crippen LogP contribution in [0.5, 0.6) is 0 Å².